The highest BCUT2D eigenvalue weighted by Gasteiger charge is 2.33. The van der Waals surface area contributed by atoms with Crippen molar-refractivity contribution in [3.63, 3.8) is 0 Å². The van der Waals surface area contributed by atoms with Crippen LogP contribution in [-0.4, -0.2) is 52.7 Å². The summed E-state index contributed by atoms with van der Waals surface area (Å²) >= 11 is 1.58. The van der Waals surface area contributed by atoms with Crippen LogP contribution in [0.5, 0.6) is 0 Å². The van der Waals surface area contributed by atoms with Gasteiger partial charge in [0.1, 0.15) is 0 Å². The SMILES string of the molecule is O=C(CN1CC[C@H](C(=O)O)[C@H](O)C1)NCc1cccs1. The van der Waals surface area contributed by atoms with Gasteiger partial charge in [-0.2, -0.15) is 0 Å². The number of piperidine rings is 1. The quantitative estimate of drug-likeness (QED) is 0.719. The number of carbonyl (C=O) groups is 2. The zero-order valence-corrected chi connectivity index (χ0v) is 11.8. The largest absolute Gasteiger partial charge is 0.481 e. The highest BCUT2D eigenvalue weighted by atomic mass is 32.1. The molecule has 2 rings (SSSR count). The number of aliphatic carboxylic acids is 1. The van der Waals surface area contributed by atoms with Crippen molar-refractivity contribution in [2.24, 2.45) is 5.92 Å². The molecule has 1 aromatic rings. The molecule has 0 aliphatic carbocycles. The van der Waals surface area contributed by atoms with Crippen LogP contribution < -0.4 is 5.32 Å². The first-order valence-electron chi connectivity index (χ1n) is 6.48. The third kappa shape index (κ3) is 4.03. The smallest absolute Gasteiger partial charge is 0.309 e. The van der Waals surface area contributed by atoms with Crippen LogP contribution in [0.4, 0.5) is 0 Å². The second-order valence-corrected chi connectivity index (χ2v) is 5.92. The Kier molecular flexibility index (Phi) is 5.11. The topological polar surface area (TPSA) is 89.9 Å². The van der Waals surface area contributed by atoms with Gasteiger partial charge in [0.15, 0.2) is 0 Å². The van der Waals surface area contributed by atoms with Gasteiger partial charge >= 0.3 is 5.97 Å². The minimum Gasteiger partial charge on any atom is -0.481 e. The summed E-state index contributed by atoms with van der Waals surface area (Å²) in [6.45, 7) is 1.43. The Labute approximate surface area is 121 Å². The molecule has 20 heavy (non-hydrogen) atoms. The number of nitrogens with zero attached hydrogens (tertiary/aromatic N) is 1. The van der Waals surface area contributed by atoms with Crippen molar-refractivity contribution in [3.05, 3.63) is 22.4 Å². The lowest BCUT2D eigenvalue weighted by Gasteiger charge is -2.33. The minimum atomic E-state index is -0.973. The predicted molar refractivity (Wildman–Crippen MR) is 74.4 cm³/mol. The monoisotopic (exact) mass is 298 g/mol. The minimum absolute atomic E-state index is 0.112. The highest BCUT2D eigenvalue weighted by Crippen LogP contribution is 2.17. The number of carboxylic acids is 1. The fraction of sp³-hybridized carbons (Fsp3) is 0.538. The molecule has 0 saturated carbocycles. The van der Waals surface area contributed by atoms with E-state index in [1.807, 2.05) is 17.5 Å². The number of nitrogens with one attached hydrogen (secondary N) is 1. The zero-order chi connectivity index (χ0) is 14.5. The maximum atomic E-state index is 11.8. The molecule has 0 bridgehead atoms. The van der Waals surface area contributed by atoms with Gasteiger partial charge in [-0.05, 0) is 24.4 Å². The molecule has 2 heterocycles. The molecule has 1 aliphatic rings. The standard InChI is InChI=1S/C13H18N2O4S/c16-11-7-15(4-3-10(11)13(18)19)8-12(17)14-6-9-2-1-5-20-9/h1-2,5,10-11,16H,3-4,6-8H2,(H,14,17)(H,18,19)/t10-,11+/m0/s1. The molecular weight excluding hydrogens is 280 g/mol. The Morgan fingerprint density at radius 3 is 2.90 bits per heavy atom. The van der Waals surface area contributed by atoms with Crippen LogP contribution in [0.3, 0.4) is 0 Å². The number of aliphatic hydroxyl groups excluding tert-OH is 1. The number of carboxylic acid groups (broad SMARTS) is 1. The van der Waals surface area contributed by atoms with E-state index in [9.17, 15) is 14.7 Å². The fourth-order valence-corrected chi connectivity index (χ4v) is 2.93. The molecule has 1 fully saturated rings. The van der Waals surface area contributed by atoms with Crippen molar-refractivity contribution < 1.29 is 19.8 Å². The van der Waals surface area contributed by atoms with Crippen molar-refractivity contribution >= 4 is 23.2 Å². The zero-order valence-electron chi connectivity index (χ0n) is 11.0. The molecule has 1 amide bonds. The molecule has 0 unspecified atom stereocenters. The van der Waals surface area contributed by atoms with E-state index < -0.39 is 18.0 Å². The van der Waals surface area contributed by atoms with Gasteiger partial charge in [0.2, 0.25) is 5.91 Å². The van der Waals surface area contributed by atoms with E-state index in [0.29, 0.717) is 19.5 Å². The third-order valence-electron chi connectivity index (χ3n) is 3.39. The molecule has 110 valence electrons. The van der Waals surface area contributed by atoms with Crippen LogP contribution in [-0.2, 0) is 16.1 Å². The number of aliphatic hydroxyl groups is 1. The van der Waals surface area contributed by atoms with Crippen LogP contribution in [0.15, 0.2) is 17.5 Å². The first kappa shape index (κ1) is 15.0. The third-order valence-corrected chi connectivity index (χ3v) is 4.27. The van der Waals surface area contributed by atoms with Gasteiger partial charge < -0.3 is 15.5 Å². The van der Waals surface area contributed by atoms with Gasteiger partial charge in [-0.1, -0.05) is 6.07 Å². The average molecular weight is 298 g/mol. The van der Waals surface area contributed by atoms with Crippen molar-refractivity contribution in [3.8, 4) is 0 Å². The molecule has 6 nitrogen and oxygen atoms in total. The summed E-state index contributed by atoms with van der Waals surface area (Å²) in [5.74, 6) is -1.81. The van der Waals surface area contributed by atoms with Gasteiger partial charge in [0.25, 0.3) is 0 Å². The van der Waals surface area contributed by atoms with Gasteiger partial charge in [-0.3, -0.25) is 14.5 Å². The summed E-state index contributed by atoms with van der Waals surface area (Å²) in [7, 11) is 0. The number of hydrogen-bond donors (Lipinski definition) is 3. The molecule has 0 radical (unpaired) electrons. The molecule has 1 aromatic heterocycles. The van der Waals surface area contributed by atoms with Crippen LogP contribution in [0.2, 0.25) is 0 Å². The predicted octanol–water partition coefficient (Wildman–Crippen LogP) is 0.132. The molecule has 1 aliphatic heterocycles. The fourth-order valence-electron chi connectivity index (χ4n) is 2.29. The maximum Gasteiger partial charge on any atom is 0.309 e. The summed E-state index contributed by atoms with van der Waals surface area (Å²) < 4.78 is 0. The van der Waals surface area contributed by atoms with Crippen molar-refractivity contribution in [2.75, 3.05) is 19.6 Å². The average Bonchev–Trinajstić information content (AvgIpc) is 2.89. The molecule has 3 N–H and O–H groups in total. The lowest BCUT2D eigenvalue weighted by Crippen LogP contribution is -2.49. The second kappa shape index (κ2) is 6.83. The van der Waals surface area contributed by atoms with E-state index in [4.69, 9.17) is 5.11 Å². The maximum absolute atomic E-state index is 11.8. The van der Waals surface area contributed by atoms with Gasteiger partial charge in [0.05, 0.1) is 25.1 Å². The summed E-state index contributed by atoms with van der Waals surface area (Å²) in [6.07, 6.45) is -0.541. The first-order chi connectivity index (χ1) is 9.56. The van der Waals surface area contributed by atoms with Crippen LogP contribution in [0, 0.1) is 5.92 Å². The first-order valence-corrected chi connectivity index (χ1v) is 7.36. The van der Waals surface area contributed by atoms with E-state index in [1.54, 1.807) is 16.2 Å². The summed E-state index contributed by atoms with van der Waals surface area (Å²) in [5.41, 5.74) is 0. The number of carbonyl (C=O) groups excluding carboxylic acids is 1. The van der Waals surface area contributed by atoms with E-state index in [2.05, 4.69) is 5.32 Å². The lowest BCUT2D eigenvalue weighted by molar-refractivity contribution is -0.148. The van der Waals surface area contributed by atoms with Crippen molar-refractivity contribution in [1.29, 1.82) is 0 Å². The number of amides is 1. The van der Waals surface area contributed by atoms with Gasteiger partial charge in [-0.15, -0.1) is 11.3 Å². The number of thiophene rings is 1. The Balaban J connectivity index is 1.74. The molecule has 7 heteroatoms. The van der Waals surface area contributed by atoms with Crippen LogP contribution >= 0.6 is 11.3 Å². The highest BCUT2D eigenvalue weighted by molar-refractivity contribution is 7.09. The van der Waals surface area contributed by atoms with Gasteiger partial charge in [0, 0.05) is 11.4 Å². The van der Waals surface area contributed by atoms with E-state index in [-0.39, 0.29) is 19.0 Å². The van der Waals surface area contributed by atoms with Crippen LogP contribution in [0.1, 0.15) is 11.3 Å². The summed E-state index contributed by atoms with van der Waals surface area (Å²) in [5, 5.41) is 23.4. The Hall–Kier alpha value is -1.44. The number of rotatable bonds is 5. The number of β-amino-alcohol motifs (C(OH)–C–C–N with tert-alkyl or cyclic N) is 1. The normalized spacial score (nSPS) is 23.4. The Morgan fingerprint density at radius 1 is 1.50 bits per heavy atom. The van der Waals surface area contributed by atoms with Crippen molar-refractivity contribution in [2.45, 2.75) is 19.1 Å². The number of likely N-dealkylation sites (tertiary alicyclic amines) is 1. The van der Waals surface area contributed by atoms with E-state index >= 15 is 0 Å². The molecular formula is C13H18N2O4S. The lowest BCUT2D eigenvalue weighted by atomic mass is 9.94. The Bertz CT molecular complexity index is 463. The molecule has 0 aromatic carbocycles. The van der Waals surface area contributed by atoms with Crippen molar-refractivity contribution in [1.82, 2.24) is 10.2 Å². The van der Waals surface area contributed by atoms with E-state index in [1.165, 1.54) is 0 Å². The Morgan fingerprint density at radius 2 is 2.30 bits per heavy atom. The second-order valence-electron chi connectivity index (χ2n) is 4.89. The van der Waals surface area contributed by atoms with E-state index in [0.717, 1.165) is 4.88 Å². The number of hydrogen-bond acceptors (Lipinski definition) is 5. The summed E-state index contributed by atoms with van der Waals surface area (Å²) in [4.78, 5) is 25.5. The molecule has 0 spiro atoms. The molecule has 2 atom stereocenters. The summed E-state index contributed by atoms with van der Waals surface area (Å²) in [6, 6.07) is 3.88. The van der Waals surface area contributed by atoms with Gasteiger partial charge in [-0.25, -0.2) is 0 Å². The molecule has 1 saturated heterocycles. The van der Waals surface area contributed by atoms with Crippen LogP contribution in [0.25, 0.3) is 0 Å².